The minimum atomic E-state index is -0.898. The van der Waals surface area contributed by atoms with Crippen molar-refractivity contribution in [1.82, 2.24) is 5.32 Å². The summed E-state index contributed by atoms with van der Waals surface area (Å²) in [5, 5.41) is 12.2. The Hall–Kier alpha value is -4.11. The summed E-state index contributed by atoms with van der Waals surface area (Å²) in [6.45, 7) is 5.18. The number of amides is 2. The van der Waals surface area contributed by atoms with Gasteiger partial charge in [-0.3, -0.25) is 0 Å². The van der Waals surface area contributed by atoms with Crippen LogP contribution in [-0.2, 0) is 16.0 Å². The molecule has 0 heterocycles. The number of nitriles is 1. The molecule has 2 rings (SSSR count). The largest absolute Gasteiger partial charge is 0.493 e. The van der Waals surface area contributed by atoms with Crippen LogP contribution in [0.1, 0.15) is 37.5 Å². The number of benzene rings is 2. The normalized spacial score (nSPS) is 11.9. The molecule has 0 spiro atoms. The van der Waals surface area contributed by atoms with Crippen molar-refractivity contribution in [3.05, 3.63) is 52.8 Å². The Morgan fingerprint density at radius 1 is 1.11 bits per heavy atom. The van der Waals surface area contributed by atoms with Gasteiger partial charge < -0.3 is 24.3 Å². The van der Waals surface area contributed by atoms with Crippen LogP contribution < -0.4 is 14.8 Å². The third-order valence-corrected chi connectivity index (χ3v) is 5.44. The van der Waals surface area contributed by atoms with Crippen molar-refractivity contribution in [1.29, 1.82) is 5.26 Å². The zero-order valence-corrected chi connectivity index (χ0v) is 23.0. The van der Waals surface area contributed by atoms with Gasteiger partial charge in [-0.15, -0.1) is 11.8 Å². The standard InChI is InChI=1S/C26H29FN4O6S/c1-26(2,3)37-24(32)29-14-16-10-17(9-8-15(16)13-28)30-22(23(38-7)31-25(33)36-6)18-11-20(34-4)21(35-5)12-19(18)27/h8-12H,14H2,1-7H3,(H,29,32)/b30-22?,31-23-. The Morgan fingerprint density at radius 2 is 1.76 bits per heavy atom. The second-order valence-corrected chi connectivity index (χ2v) is 9.34. The van der Waals surface area contributed by atoms with Gasteiger partial charge >= 0.3 is 12.2 Å². The van der Waals surface area contributed by atoms with Gasteiger partial charge in [0.1, 0.15) is 22.2 Å². The first-order chi connectivity index (χ1) is 18.0. The van der Waals surface area contributed by atoms with E-state index in [0.29, 0.717) is 16.8 Å². The average Bonchev–Trinajstić information content (AvgIpc) is 2.88. The van der Waals surface area contributed by atoms with Crippen LogP contribution in [0.5, 0.6) is 11.5 Å². The number of halogens is 1. The number of carbonyl (C=O) groups is 2. The molecule has 0 bridgehead atoms. The Bertz CT molecular complexity index is 1300. The summed E-state index contributed by atoms with van der Waals surface area (Å²) in [5.74, 6) is -0.303. The predicted octanol–water partition coefficient (Wildman–Crippen LogP) is 5.39. The average molecular weight is 545 g/mol. The van der Waals surface area contributed by atoms with Crippen LogP contribution >= 0.6 is 11.8 Å². The van der Waals surface area contributed by atoms with Crippen molar-refractivity contribution < 1.29 is 32.9 Å². The van der Waals surface area contributed by atoms with Crippen molar-refractivity contribution >= 4 is 40.4 Å². The van der Waals surface area contributed by atoms with E-state index in [4.69, 9.17) is 14.2 Å². The van der Waals surface area contributed by atoms with Gasteiger partial charge in [-0.25, -0.2) is 19.0 Å². The third-order valence-electron chi connectivity index (χ3n) is 4.76. The number of nitrogens with one attached hydrogen (secondary N) is 1. The Kier molecular flexibility index (Phi) is 10.7. The van der Waals surface area contributed by atoms with Crippen molar-refractivity contribution in [2.75, 3.05) is 27.6 Å². The number of aliphatic imine (C=N–C) groups is 2. The first-order valence-electron chi connectivity index (χ1n) is 11.2. The van der Waals surface area contributed by atoms with Gasteiger partial charge in [-0.05, 0) is 56.9 Å². The number of carbonyl (C=O) groups excluding carboxylic acids is 2. The molecular formula is C26H29FN4O6S. The molecule has 0 atom stereocenters. The maximum absolute atomic E-state index is 15.3. The van der Waals surface area contributed by atoms with Crippen molar-refractivity contribution in [3.8, 4) is 17.6 Å². The van der Waals surface area contributed by atoms with Gasteiger partial charge in [0.2, 0.25) is 0 Å². The molecule has 38 heavy (non-hydrogen) atoms. The van der Waals surface area contributed by atoms with Crippen molar-refractivity contribution in [3.63, 3.8) is 0 Å². The first-order valence-corrected chi connectivity index (χ1v) is 12.4. The molecule has 0 radical (unpaired) electrons. The monoisotopic (exact) mass is 544 g/mol. The van der Waals surface area contributed by atoms with E-state index in [-0.39, 0.29) is 34.4 Å². The van der Waals surface area contributed by atoms with Gasteiger partial charge in [0.05, 0.1) is 38.6 Å². The van der Waals surface area contributed by atoms with Crippen LogP contribution in [0.25, 0.3) is 0 Å². The second kappa shape index (κ2) is 13.4. The lowest BCUT2D eigenvalue weighted by atomic mass is 10.1. The Labute approximate surface area is 224 Å². The van der Waals surface area contributed by atoms with Crippen LogP contribution in [0.2, 0.25) is 0 Å². The van der Waals surface area contributed by atoms with Gasteiger partial charge in [0, 0.05) is 18.2 Å². The molecule has 0 aromatic heterocycles. The number of alkyl carbamates (subject to hydrolysis) is 1. The molecule has 0 saturated carbocycles. The van der Waals surface area contributed by atoms with Gasteiger partial charge in [-0.2, -0.15) is 10.3 Å². The summed E-state index contributed by atoms with van der Waals surface area (Å²) < 4.78 is 35.6. The molecule has 0 unspecified atom stereocenters. The molecule has 0 aliphatic carbocycles. The molecule has 2 aromatic rings. The molecule has 2 amide bonds. The number of rotatable bonds is 7. The van der Waals surface area contributed by atoms with E-state index in [9.17, 15) is 14.9 Å². The van der Waals surface area contributed by atoms with E-state index >= 15 is 4.39 Å². The summed E-state index contributed by atoms with van der Waals surface area (Å²) in [6, 6.07) is 9.20. The van der Waals surface area contributed by atoms with Crippen LogP contribution in [-0.4, -0.2) is 56.1 Å². The van der Waals surface area contributed by atoms with Crippen LogP contribution in [0.15, 0.2) is 40.3 Å². The molecule has 1 N–H and O–H groups in total. The summed E-state index contributed by atoms with van der Waals surface area (Å²) in [7, 11) is 3.95. The quantitative estimate of drug-likeness (QED) is 0.363. The number of hydrogen-bond acceptors (Lipinski definition) is 9. The first kappa shape index (κ1) is 30.1. The minimum Gasteiger partial charge on any atom is -0.493 e. The fourth-order valence-electron chi connectivity index (χ4n) is 3.10. The maximum Gasteiger partial charge on any atom is 0.434 e. The lowest BCUT2D eigenvalue weighted by Gasteiger charge is -2.19. The highest BCUT2D eigenvalue weighted by atomic mass is 32.2. The second-order valence-electron chi connectivity index (χ2n) is 8.55. The zero-order chi connectivity index (χ0) is 28.5. The minimum absolute atomic E-state index is 0.0112. The summed E-state index contributed by atoms with van der Waals surface area (Å²) in [6.07, 6.45) is 0.0912. The molecule has 0 aliphatic heterocycles. The molecular weight excluding hydrogens is 515 g/mol. The SMILES string of the molecule is COC(=O)/N=C(\SC)C(=Nc1ccc(C#N)c(CNC(=O)OC(C)(C)C)c1)c1cc(OC)c(OC)cc1F. The smallest absolute Gasteiger partial charge is 0.434 e. The molecule has 0 saturated heterocycles. The molecule has 202 valence electrons. The maximum atomic E-state index is 15.3. The molecule has 0 aliphatic rings. The van der Waals surface area contributed by atoms with Crippen molar-refractivity contribution in [2.24, 2.45) is 9.98 Å². The summed E-state index contributed by atoms with van der Waals surface area (Å²) >= 11 is 1.05. The summed E-state index contributed by atoms with van der Waals surface area (Å²) in [5.41, 5.74) is 0.352. The van der Waals surface area contributed by atoms with E-state index < -0.39 is 23.6 Å². The highest BCUT2D eigenvalue weighted by molar-refractivity contribution is 8.15. The Morgan fingerprint density at radius 3 is 2.32 bits per heavy atom. The van der Waals surface area contributed by atoms with E-state index in [1.165, 1.54) is 33.5 Å². The number of methoxy groups -OCH3 is 3. The predicted molar refractivity (Wildman–Crippen MR) is 143 cm³/mol. The number of nitrogens with zero attached hydrogens (tertiary/aromatic N) is 3. The van der Waals surface area contributed by atoms with E-state index in [0.717, 1.165) is 17.8 Å². The molecule has 10 nitrogen and oxygen atoms in total. The fourth-order valence-corrected chi connectivity index (χ4v) is 3.61. The van der Waals surface area contributed by atoms with Gasteiger partial charge in [-0.1, -0.05) is 0 Å². The van der Waals surface area contributed by atoms with Crippen LogP contribution in [0.3, 0.4) is 0 Å². The number of hydrogen-bond donors (Lipinski definition) is 1. The van der Waals surface area contributed by atoms with Gasteiger partial charge in [0.25, 0.3) is 0 Å². The molecule has 0 fully saturated rings. The zero-order valence-electron chi connectivity index (χ0n) is 22.2. The topological polar surface area (TPSA) is 132 Å². The van der Waals surface area contributed by atoms with E-state index in [1.807, 2.05) is 0 Å². The number of thioether (sulfide) groups is 1. The van der Waals surface area contributed by atoms with Crippen molar-refractivity contribution in [2.45, 2.75) is 32.9 Å². The highest BCUT2D eigenvalue weighted by Gasteiger charge is 2.22. The van der Waals surface area contributed by atoms with Crippen LogP contribution in [0, 0.1) is 17.1 Å². The highest BCUT2D eigenvalue weighted by Crippen LogP contribution is 2.32. The van der Waals surface area contributed by atoms with E-state index in [1.54, 1.807) is 39.2 Å². The molecule has 12 heteroatoms. The lowest BCUT2D eigenvalue weighted by molar-refractivity contribution is 0.0523. The lowest BCUT2D eigenvalue weighted by Crippen LogP contribution is -2.32. The third kappa shape index (κ3) is 8.21. The molecule has 2 aromatic carbocycles. The fraction of sp³-hybridized carbons (Fsp3) is 0.346. The summed E-state index contributed by atoms with van der Waals surface area (Å²) in [4.78, 5) is 32.5. The number of ether oxygens (including phenoxy) is 4. The van der Waals surface area contributed by atoms with E-state index in [2.05, 4.69) is 26.1 Å². The van der Waals surface area contributed by atoms with Gasteiger partial charge in [0.15, 0.2) is 11.5 Å². The van der Waals surface area contributed by atoms with Crippen LogP contribution in [0.4, 0.5) is 19.7 Å². The Balaban J connectivity index is 2.66.